The standard InChI is InChI=1S/C20H19ClN2O2S/c21-18-16-3-1-2-4-17(16)26-19(18)20(24)22-13-14-5-7-15(8-6-14)23-9-11-25-12-10-23/h1-8H,9-13H2,(H,22,24). The van der Waals surface area contributed by atoms with Crippen LogP contribution in [-0.2, 0) is 11.3 Å². The van der Waals surface area contributed by atoms with E-state index in [1.807, 2.05) is 24.3 Å². The largest absolute Gasteiger partial charge is 0.378 e. The van der Waals surface area contributed by atoms with E-state index in [0.717, 1.165) is 42.0 Å². The van der Waals surface area contributed by atoms with Gasteiger partial charge in [0.15, 0.2) is 0 Å². The summed E-state index contributed by atoms with van der Waals surface area (Å²) < 4.78 is 6.41. The van der Waals surface area contributed by atoms with E-state index in [0.29, 0.717) is 16.4 Å². The highest BCUT2D eigenvalue weighted by atomic mass is 35.5. The maximum atomic E-state index is 12.5. The van der Waals surface area contributed by atoms with E-state index in [4.69, 9.17) is 16.3 Å². The Balaban J connectivity index is 1.41. The van der Waals surface area contributed by atoms with Crippen LogP contribution in [0.2, 0.25) is 5.02 Å². The van der Waals surface area contributed by atoms with Crippen molar-refractivity contribution < 1.29 is 9.53 Å². The minimum atomic E-state index is -0.131. The first kappa shape index (κ1) is 17.3. The average molecular weight is 387 g/mol. The first-order valence-electron chi connectivity index (χ1n) is 8.59. The number of nitrogens with zero attached hydrogens (tertiary/aromatic N) is 1. The van der Waals surface area contributed by atoms with Gasteiger partial charge in [-0.15, -0.1) is 11.3 Å². The highest BCUT2D eigenvalue weighted by molar-refractivity contribution is 7.21. The number of halogens is 1. The van der Waals surface area contributed by atoms with Crippen LogP contribution in [0.15, 0.2) is 48.5 Å². The maximum Gasteiger partial charge on any atom is 0.263 e. The van der Waals surface area contributed by atoms with Gasteiger partial charge in [-0.3, -0.25) is 4.79 Å². The molecule has 134 valence electrons. The molecule has 6 heteroatoms. The van der Waals surface area contributed by atoms with Crippen molar-refractivity contribution in [3.8, 4) is 0 Å². The lowest BCUT2D eigenvalue weighted by Crippen LogP contribution is -2.36. The van der Waals surface area contributed by atoms with Crippen molar-refractivity contribution in [1.82, 2.24) is 5.32 Å². The molecule has 0 saturated carbocycles. The number of anilines is 1. The minimum absolute atomic E-state index is 0.131. The zero-order valence-corrected chi connectivity index (χ0v) is 15.8. The normalized spacial score (nSPS) is 14.6. The van der Waals surface area contributed by atoms with Gasteiger partial charge in [-0.25, -0.2) is 0 Å². The van der Waals surface area contributed by atoms with Crippen LogP contribution in [0.4, 0.5) is 5.69 Å². The van der Waals surface area contributed by atoms with E-state index < -0.39 is 0 Å². The quantitative estimate of drug-likeness (QED) is 0.726. The molecule has 0 unspecified atom stereocenters. The molecule has 1 N–H and O–H groups in total. The van der Waals surface area contributed by atoms with Gasteiger partial charge in [0.05, 0.1) is 18.2 Å². The minimum Gasteiger partial charge on any atom is -0.378 e. The summed E-state index contributed by atoms with van der Waals surface area (Å²) >= 11 is 7.80. The molecule has 0 bridgehead atoms. The monoisotopic (exact) mass is 386 g/mol. The van der Waals surface area contributed by atoms with Gasteiger partial charge in [0, 0.05) is 35.4 Å². The molecule has 4 rings (SSSR count). The number of fused-ring (bicyclic) bond motifs is 1. The fraction of sp³-hybridized carbons (Fsp3) is 0.250. The fourth-order valence-electron chi connectivity index (χ4n) is 3.07. The Bertz CT molecular complexity index is 917. The summed E-state index contributed by atoms with van der Waals surface area (Å²) in [5.74, 6) is -0.131. The summed E-state index contributed by atoms with van der Waals surface area (Å²) in [7, 11) is 0. The Labute approximate surface area is 161 Å². The lowest BCUT2D eigenvalue weighted by atomic mass is 10.2. The third-order valence-electron chi connectivity index (χ3n) is 4.51. The van der Waals surface area contributed by atoms with Gasteiger partial charge in [0.25, 0.3) is 5.91 Å². The van der Waals surface area contributed by atoms with Gasteiger partial charge in [-0.05, 0) is 23.8 Å². The number of carbonyl (C=O) groups is 1. The van der Waals surface area contributed by atoms with Gasteiger partial charge in [-0.2, -0.15) is 0 Å². The molecule has 1 aliphatic heterocycles. The molecule has 4 nitrogen and oxygen atoms in total. The molecule has 26 heavy (non-hydrogen) atoms. The summed E-state index contributed by atoms with van der Waals surface area (Å²) in [5, 5.41) is 4.43. The van der Waals surface area contributed by atoms with Crippen LogP contribution in [0, 0.1) is 0 Å². The van der Waals surface area contributed by atoms with Crippen LogP contribution in [0.5, 0.6) is 0 Å². The molecule has 1 fully saturated rings. The van der Waals surface area contributed by atoms with E-state index >= 15 is 0 Å². The van der Waals surface area contributed by atoms with Crippen molar-refractivity contribution in [1.29, 1.82) is 0 Å². The topological polar surface area (TPSA) is 41.6 Å². The Hall–Kier alpha value is -2.08. The molecular weight excluding hydrogens is 368 g/mol. The van der Waals surface area contributed by atoms with Crippen LogP contribution in [0.1, 0.15) is 15.2 Å². The third kappa shape index (κ3) is 3.56. The third-order valence-corrected chi connectivity index (χ3v) is 6.18. The lowest BCUT2D eigenvalue weighted by Gasteiger charge is -2.28. The Kier molecular flexibility index (Phi) is 5.11. The molecule has 1 aromatic heterocycles. The van der Waals surface area contributed by atoms with Crippen LogP contribution in [0.3, 0.4) is 0 Å². The number of ether oxygens (including phenoxy) is 1. The van der Waals surface area contributed by atoms with Gasteiger partial charge in [0.1, 0.15) is 4.88 Å². The van der Waals surface area contributed by atoms with Gasteiger partial charge in [0.2, 0.25) is 0 Å². The molecule has 0 atom stereocenters. The molecule has 0 radical (unpaired) electrons. The first-order chi connectivity index (χ1) is 12.7. The smallest absolute Gasteiger partial charge is 0.263 e. The van der Waals surface area contributed by atoms with E-state index in [9.17, 15) is 4.79 Å². The molecule has 1 amide bonds. The number of carbonyl (C=O) groups excluding carboxylic acids is 1. The van der Waals surface area contributed by atoms with Crippen molar-refractivity contribution in [2.24, 2.45) is 0 Å². The second-order valence-electron chi connectivity index (χ2n) is 6.19. The van der Waals surface area contributed by atoms with Gasteiger partial charge < -0.3 is 15.0 Å². The molecule has 0 aliphatic carbocycles. The molecule has 2 heterocycles. The number of hydrogen-bond acceptors (Lipinski definition) is 4. The van der Waals surface area contributed by atoms with Crippen molar-refractivity contribution in [3.63, 3.8) is 0 Å². The zero-order valence-electron chi connectivity index (χ0n) is 14.2. The molecule has 0 spiro atoms. The average Bonchev–Trinajstić information content (AvgIpc) is 3.04. The second-order valence-corrected chi connectivity index (χ2v) is 7.62. The summed E-state index contributed by atoms with van der Waals surface area (Å²) in [6.45, 7) is 3.86. The van der Waals surface area contributed by atoms with Gasteiger partial charge in [-0.1, -0.05) is 41.9 Å². The predicted molar refractivity (Wildman–Crippen MR) is 107 cm³/mol. The first-order valence-corrected chi connectivity index (χ1v) is 9.79. The molecule has 2 aromatic carbocycles. The van der Waals surface area contributed by atoms with Crippen LogP contribution >= 0.6 is 22.9 Å². The van der Waals surface area contributed by atoms with Crippen LogP contribution in [-0.4, -0.2) is 32.2 Å². The number of hydrogen-bond donors (Lipinski definition) is 1. The number of amides is 1. The maximum absolute atomic E-state index is 12.5. The number of nitrogens with one attached hydrogen (secondary N) is 1. The number of benzene rings is 2. The van der Waals surface area contributed by atoms with Crippen molar-refractivity contribution >= 4 is 44.6 Å². The summed E-state index contributed by atoms with van der Waals surface area (Å²) in [6, 6.07) is 16.1. The van der Waals surface area contributed by atoms with Gasteiger partial charge >= 0.3 is 0 Å². The predicted octanol–water partition coefficient (Wildman–Crippen LogP) is 4.32. The molecular formula is C20H19ClN2O2S. The number of rotatable bonds is 4. The number of thiophene rings is 1. The van der Waals surface area contributed by atoms with Crippen LogP contribution in [0.25, 0.3) is 10.1 Å². The molecule has 3 aromatic rings. The SMILES string of the molecule is O=C(NCc1ccc(N2CCOCC2)cc1)c1sc2ccccc2c1Cl. The van der Waals surface area contributed by atoms with E-state index in [1.54, 1.807) is 0 Å². The second kappa shape index (κ2) is 7.66. The fourth-order valence-corrected chi connectivity index (χ4v) is 4.50. The summed E-state index contributed by atoms with van der Waals surface area (Å²) in [4.78, 5) is 15.4. The van der Waals surface area contributed by atoms with Crippen molar-refractivity contribution in [2.75, 3.05) is 31.2 Å². The Morgan fingerprint density at radius 1 is 1.12 bits per heavy atom. The Morgan fingerprint density at radius 3 is 2.58 bits per heavy atom. The van der Waals surface area contributed by atoms with Crippen LogP contribution < -0.4 is 10.2 Å². The number of morpholine rings is 1. The summed E-state index contributed by atoms with van der Waals surface area (Å²) in [6.07, 6.45) is 0. The molecule has 1 aliphatic rings. The van der Waals surface area contributed by atoms with E-state index in [-0.39, 0.29) is 5.91 Å². The van der Waals surface area contributed by atoms with E-state index in [2.05, 4.69) is 34.5 Å². The highest BCUT2D eigenvalue weighted by Gasteiger charge is 2.16. The lowest BCUT2D eigenvalue weighted by molar-refractivity contribution is 0.0955. The zero-order chi connectivity index (χ0) is 17.9. The molecule has 1 saturated heterocycles. The highest BCUT2D eigenvalue weighted by Crippen LogP contribution is 2.35. The van der Waals surface area contributed by atoms with Crippen molar-refractivity contribution in [2.45, 2.75) is 6.54 Å². The van der Waals surface area contributed by atoms with E-state index in [1.165, 1.54) is 17.0 Å². The van der Waals surface area contributed by atoms with Crippen molar-refractivity contribution in [3.05, 3.63) is 64.0 Å². The summed E-state index contributed by atoms with van der Waals surface area (Å²) in [5.41, 5.74) is 2.25. The Morgan fingerprint density at radius 2 is 1.85 bits per heavy atom.